The molecule has 2 heterocycles. The molecule has 33 heavy (non-hydrogen) atoms. The van der Waals surface area contributed by atoms with Gasteiger partial charge in [0.15, 0.2) is 0 Å². The first-order chi connectivity index (χ1) is 15.9. The Balaban J connectivity index is 1.24. The number of nitrogens with one attached hydrogen (secondary N) is 1. The molecule has 0 bridgehead atoms. The third-order valence-electron chi connectivity index (χ3n) is 6.48. The summed E-state index contributed by atoms with van der Waals surface area (Å²) in [4.78, 5) is 42.8. The van der Waals surface area contributed by atoms with Crippen LogP contribution < -0.4 is 10.2 Å². The summed E-state index contributed by atoms with van der Waals surface area (Å²) in [6.07, 6.45) is 1.42. The van der Waals surface area contributed by atoms with Crippen LogP contribution in [0.5, 0.6) is 0 Å². The first-order valence-electron chi connectivity index (χ1n) is 11.4. The van der Waals surface area contributed by atoms with E-state index in [1.54, 1.807) is 34.1 Å². The van der Waals surface area contributed by atoms with E-state index >= 15 is 0 Å². The van der Waals surface area contributed by atoms with E-state index in [4.69, 9.17) is 11.6 Å². The van der Waals surface area contributed by atoms with Gasteiger partial charge < -0.3 is 15.1 Å². The number of nitrogens with zero attached hydrogens (tertiary/aromatic N) is 3. The highest BCUT2D eigenvalue weighted by Crippen LogP contribution is 2.27. The van der Waals surface area contributed by atoms with Crippen LogP contribution >= 0.6 is 11.6 Å². The van der Waals surface area contributed by atoms with Crippen molar-refractivity contribution in [3.8, 4) is 0 Å². The van der Waals surface area contributed by atoms with E-state index in [1.165, 1.54) is 0 Å². The zero-order valence-electron chi connectivity index (χ0n) is 18.8. The van der Waals surface area contributed by atoms with Crippen molar-refractivity contribution in [2.24, 2.45) is 0 Å². The Labute approximate surface area is 199 Å². The molecule has 2 aliphatic rings. The number of anilines is 1. The normalized spacial score (nSPS) is 17.8. The summed E-state index contributed by atoms with van der Waals surface area (Å²) < 4.78 is 0. The van der Waals surface area contributed by atoms with Crippen LogP contribution in [0.15, 0.2) is 48.5 Å². The van der Waals surface area contributed by atoms with Crippen LogP contribution in [0, 0.1) is 0 Å². The van der Waals surface area contributed by atoms with Gasteiger partial charge in [0.05, 0.1) is 6.54 Å². The van der Waals surface area contributed by atoms with Crippen LogP contribution in [0.2, 0.25) is 5.02 Å². The SMILES string of the molecule is C[C@@H](c1ccccc1Cl)N1CCN(C(=O)CNC(=O)c2ccc(N3CCCC3=O)cc2)CC1. The Hall–Kier alpha value is -2.90. The molecular weight excluding hydrogens is 440 g/mol. The molecule has 0 spiro atoms. The minimum atomic E-state index is -0.298. The van der Waals surface area contributed by atoms with Crippen molar-refractivity contribution in [1.29, 1.82) is 0 Å². The third-order valence-corrected chi connectivity index (χ3v) is 6.83. The summed E-state index contributed by atoms with van der Waals surface area (Å²) in [5.74, 6) is -0.277. The second-order valence-electron chi connectivity index (χ2n) is 8.49. The standard InChI is InChI=1S/C25H29ClN4O3/c1-18(21-5-2-3-6-22(21)26)28-13-15-29(16-14-28)24(32)17-27-25(33)19-8-10-20(11-9-19)30-12-4-7-23(30)31/h2-3,5-6,8-11,18H,4,7,12-17H2,1H3,(H,27,33)/t18-/m0/s1. The lowest BCUT2D eigenvalue weighted by Crippen LogP contribution is -2.51. The van der Waals surface area contributed by atoms with Crippen molar-refractivity contribution < 1.29 is 14.4 Å². The van der Waals surface area contributed by atoms with Crippen LogP contribution in [0.3, 0.4) is 0 Å². The van der Waals surface area contributed by atoms with Gasteiger partial charge in [-0.05, 0) is 49.2 Å². The average molecular weight is 469 g/mol. The van der Waals surface area contributed by atoms with E-state index in [2.05, 4.69) is 17.1 Å². The van der Waals surface area contributed by atoms with E-state index in [0.29, 0.717) is 31.6 Å². The molecule has 8 heteroatoms. The number of halogens is 1. The molecule has 174 valence electrons. The van der Waals surface area contributed by atoms with Gasteiger partial charge in [-0.25, -0.2) is 0 Å². The zero-order valence-corrected chi connectivity index (χ0v) is 19.6. The van der Waals surface area contributed by atoms with Crippen molar-refractivity contribution in [3.63, 3.8) is 0 Å². The quantitative estimate of drug-likeness (QED) is 0.707. The lowest BCUT2D eigenvalue weighted by atomic mass is 10.1. The molecule has 2 aromatic rings. The summed E-state index contributed by atoms with van der Waals surface area (Å²) in [6, 6.07) is 15.0. The number of carbonyl (C=O) groups is 3. The molecular formula is C25H29ClN4O3. The van der Waals surface area contributed by atoms with Gasteiger partial charge in [0.25, 0.3) is 5.91 Å². The van der Waals surface area contributed by atoms with E-state index in [9.17, 15) is 14.4 Å². The molecule has 1 N–H and O–H groups in total. The molecule has 0 radical (unpaired) electrons. The smallest absolute Gasteiger partial charge is 0.251 e. The van der Waals surface area contributed by atoms with Crippen molar-refractivity contribution in [1.82, 2.24) is 15.1 Å². The number of carbonyl (C=O) groups excluding carboxylic acids is 3. The molecule has 2 aliphatic heterocycles. The number of amides is 3. The Bertz CT molecular complexity index is 1020. The lowest BCUT2D eigenvalue weighted by Gasteiger charge is -2.38. The summed E-state index contributed by atoms with van der Waals surface area (Å²) in [7, 11) is 0. The number of hydrogen-bond donors (Lipinski definition) is 1. The monoisotopic (exact) mass is 468 g/mol. The Morgan fingerprint density at radius 1 is 1.00 bits per heavy atom. The minimum absolute atomic E-state index is 0.0364. The number of hydrogen-bond acceptors (Lipinski definition) is 4. The number of piperazine rings is 1. The van der Waals surface area contributed by atoms with Crippen molar-refractivity contribution >= 4 is 35.0 Å². The van der Waals surface area contributed by atoms with Crippen molar-refractivity contribution in [2.45, 2.75) is 25.8 Å². The first kappa shape index (κ1) is 23.3. The molecule has 4 rings (SSSR count). The molecule has 2 fully saturated rings. The fourth-order valence-corrected chi connectivity index (χ4v) is 4.75. The van der Waals surface area contributed by atoms with Gasteiger partial charge in [0, 0.05) is 61.5 Å². The molecule has 2 saturated heterocycles. The zero-order chi connectivity index (χ0) is 23.4. The molecule has 2 aromatic carbocycles. The summed E-state index contributed by atoms with van der Waals surface area (Å²) in [5, 5.41) is 3.48. The second kappa shape index (κ2) is 10.4. The van der Waals surface area contributed by atoms with Gasteiger partial charge >= 0.3 is 0 Å². The van der Waals surface area contributed by atoms with Crippen LogP contribution in [0.4, 0.5) is 5.69 Å². The Morgan fingerprint density at radius 3 is 2.33 bits per heavy atom. The molecule has 7 nitrogen and oxygen atoms in total. The Kier molecular flexibility index (Phi) is 7.30. The highest BCUT2D eigenvalue weighted by atomic mass is 35.5. The van der Waals surface area contributed by atoms with Gasteiger partial charge in [0.2, 0.25) is 11.8 Å². The molecule has 0 unspecified atom stereocenters. The largest absolute Gasteiger partial charge is 0.343 e. The fraction of sp³-hybridized carbons (Fsp3) is 0.400. The van der Waals surface area contributed by atoms with Crippen LogP contribution in [-0.2, 0) is 9.59 Å². The fourth-order valence-electron chi connectivity index (χ4n) is 4.45. The van der Waals surface area contributed by atoms with Gasteiger partial charge in [-0.15, -0.1) is 0 Å². The van der Waals surface area contributed by atoms with E-state index in [0.717, 1.165) is 35.8 Å². The highest BCUT2D eigenvalue weighted by Gasteiger charge is 2.26. The van der Waals surface area contributed by atoms with Gasteiger partial charge in [-0.2, -0.15) is 0 Å². The van der Waals surface area contributed by atoms with Crippen LogP contribution in [0.1, 0.15) is 41.7 Å². The average Bonchev–Trinajstić information content (AvgIpc) is 3.28. The predicted molar refractivity (Wildman–Crippen MR) is 128 cm³/mol. The maximum atomic E-state index is 12.6. The Morgan fingerprint density at radius 2 is 1.70 bits per heavy atom. The molecule has 0 saturated carbocycles. The molecule has 3 amide bonds. The second-order valence-corrected chi connectivity index (χ2v) is 8.90. The predicted octanol–water partition coefficient (Wildman–Crippen LogP) is 3.10. The topological polar surface area (TPSA) is 73.0 Å². The molecule has 0 aliphatic carbocycles. The van der Waals surface area contributed by atoms with E-state index < -0.39 is 0 Å². The maximum absolute atomic E-state index is 12.6. The number of benzene rings is 2. The van der Waals surface area contributed by atoms with E-state index in [-0.39, 0.29) is 30.3 Å². The summed E-state index contributed by atoms with van der Waals surface area (Å²) in [6.45, 7) is 5.54. The summed E-state index contributed by atoms with van der Waals surface area (Å²) >= 11 is 6.34. The van der Waals surface area contributed by atoms with Crippen molar-refractivity contribution in [3.05, 3.63) is 64.7 Å². The molecule has 0 aromatic heterocycles. The van der Waals surface area contributed by atoms with Crippen LogP contribution in [0.25, 0.3) is 0 Å². The van der Waals surface area contributed by atoms with Gasteiger partial charge in [-0.1, -0.05) is 29.8 Å². The maximum Gasteiger partial charge on any atom is 0.251 e. The third kappa shape index (κ3) is 5.37. The lowest BCUT2D eigenvalue weighted by molar-refractivity contribution is -0.132. The minimum Gasteiger partial charge on any atom is -0.343 e. The first-order valence-corrected chi connectivity index (χ1v) is 11.8. The molecule has 1 atom stereocenters. The van der Waals surface area contributed by atoms with Gasteiger partial charge in [0.1, 0.15) is 0 Å². The highest BCUT2D eigenvalue weighted by molar-refractivity contribution is 6.31. The van der Waals surface area contributed by atoms with E-state index in [1.807, 2.05) is 24.3 Å². The van der Waals surface area contributed by atoms with Crippen molar-refractivity contribution in [2.75, 3.05) is 44.2 Å². The number of rotatable bonds is 6. The van der Waals surface area contributed by atoms with Crippen LogP contribution in [-0.4, -0.2) is 66.8 Å². The van der Waals surface area contributed by atoms with Gasteiger partial charge in [-0.3, -0.25) is 19.3 Å². The summed E-state index contributed by atoms with van der Waals surface area (Å²) in [5.41, 5.74) is 2.36.